The Morgan fingerprint density at radius 1 is 0.444 bits per heavy atom. The van der Waals surface area contributed by atoms with E-state index in [1.807, 2.05) is 0 Å². The molecule has 0 aliphatic rings. The van der Waals surface area contributed by atoms with Crippen molar-refractivity contribution in [2.75, 3.05) is 0 Å². The highest BCUT2D eigenvalue weighted by molar-refractivity contribution is 5.43. The number of hydrogen-bond acceptors (Lipinski definition) is 8. The zero-order valence-corrected chi connectivity index (χ0v) is 9.04. The van der Waals surface area contributed by atoms with Crippen LogP contribution in [0, 0.1) is 0 Å². The second-order valence-corrected chi connectivity index (χ2v) is 3.19. The van der Waals surface area contributed by atoms with Crippen LogP contribution in [-0.2, 0) is 0 Å². The second-order valence-electron chi connectivity index (χ2n) is 3.19. The number of hydrogen-bond donors (Lipinski definition) is 0. The second kappa shape index (κ2) is 4.53. The molecule has 0 aromatic carbocycles. The van der Waals surface area contributed by atoms with Gasteiger partial charge in [0.2, 0.25) is 23.3 Å². The summed E-state index contributed by atoms with van der Waals surface area (Å²) in [6.07, 6.45) is 6.39. The summed E-state index contributed by atoms with van der Waals surface area (Å²) in [7, 11) is 0. The Balaban J connectivity index is 1.95. The highest BCUT2D eigenvalue weighted by Gasteiger charge is 2.09. The van der Waals surface area contributed by atoms with Crippen molar-refractivity contribution in [2.45, 2.75) is 0 Å². The van der Waals surface area contributed by atoms with E-state index in [0.717, 1.165) is 0 Å². The first-order valence-electron chi connectivity index (χ1n) is 5.05. The van der Waals surface area contributed by atoms with Crippen LogP contribution in [0.15, 0.2) is 36.9 Å². The molecule has 8 heteroatoms. The number of nitrogens with zero attached hydrogens (tertiary/aromatic N) is 8. The van der Waals surface area contributed by atoms with Gasteiger partial charge in [-0.2, -0.15) is 0 Å². The normalized spacial score (nSPS) is 10.2. The van der Waals surface area contributed by atoms with Crippen molar-refractivity contribution in [3.63, 3.8) is 0 Å². The fourth-order valence-electron chi connectivity index (χ4n) is 1.24. The Morgan fingerprint density at radius 2 is 0.778 bits per heavy atom. The van der Waals surface area contributed by atoms with Gasteiger partial charge in [0.1, 0.15) is 0 Å². The smallest absolute Gasteiger partial charge is 0.234 e. The summed E-state index contributed by atoms with van der Waals surface area (Å²) in [6.45, 7) is 0. The lowest BCUT2D eigenvalue weighted by Crippen LogP contribution is -2.03. The van der Waals surface area contributed by atoms with Crippen LogP contribution >= 0.6 is 0 Å². The Bertz CT molecular complexity index is 567. The summed E-state index contributed by atoms with van der Waals surface area (Å²) in [6, 6.07) is 3.41. The Labute approximate surface area is 101 Å². The SMILES string of the molecule is c1cnc(-c2nnc(-c3ncccn3)nn2)nc1. The lowest BCUT2D eigenvalue weighted by atomic mass is 10.5. The summed E-state index contributed by atoms with van der Waals surface area (Å²) >= 11 is 0. The third-order valence-corrected chi connectivity index (χ3v) is 2.01. The molecule has 0 bridgehead atoms. The van der Waals surface area contributed by atoms with Crippen LogP contribution in [0.4, 0.5) is 0 Å². The molecule has 3 aromatic rings. The Morgan fingerprint density at radius 3 is 1.11 bits per heavy atom. The zero-order chi connectivity index (χ0) is 12.2. The van der Waals surface area contributed by atoms with Gasteiger partial charge in [-0.1, -0.05) is 0 Å². The molecule has 0 amide bonds. The van der Waals surface area contributed by atoms with Gasteiger partial charge in [-0.3, -0.25) is 0 Å². The van der Waals surface area contributed by atoms with Gasteiger partial charge in [-0.25, -0.2) is 19.9 Å². The van der Waals surface area contributed by atoms with Crippen LogP contribution in [0.3, 0.4) is 0 Å². The summed E-state index contributed by atoms with van der Waals surface area (Å²) in [4.78, 5) is 16.0. The van der Waals surface area contributed by atoms with Crippen LogP contribution in [0.25, 0.3) is 23.3 Å². The lowest BCUT2D eigenvalue weighted by Gasteiger charge is -1.97. The molecule has 0 atom stereocenters. The average molecular weight is 238 g/mol. The van der Waals surface area contributed by atoms with E-state index in [2.05, 4.69) is 40.3 Å². The molecule has 0 spiro atoms. The molecule has 0 saturated carbocycles. The van der Waals surface area contributed by atoms with Gasteiger partial charge in [-0.05, 0) is 12.1 Å². The van der Waals surface area contributed by atoms with Crippen molar-refractivity contribution in [1.29, 1.82) is 0 Å². The van der Waals surface area contributed by atoms with Gasteiger partial charge in [0.15, 0.2) is 0 Å². The maximum absolute atomic E-state index is 4.00. The molecule has 86 valence electrons. The molecule has 3 heterocycles. The van der Waals surface area contributed by atoms with Crippen molar-refractivity contribution in [3.05, 3.63) is 36.9 Å². The Kier molecular flexibility index (Phi) is 2.59. The molecule has 3 aromatic heterocycles. The van der Waals surface area contributed by atoms with E-state index in [4.69, 9.17) is 0 Å². The molecule has 0 aliphatic heterocycles. The molecule has 0 aliphatic carbocycles. The minimum absolute atomic E-state index is 0.260. The van der Waals surface area contributed by atoms with Gasteiger partial charge in [0, 0.05) is 24.8 Å². The van der Waals surface area contributed by atoms with E-state index in [9.17, 15) is 0 Å². The van der Waals surface area contributed by atoms with E-state index >= 15 is 0 Å². The summed E-state index contributed by atoms with van der Waals surface area (Å²) in [5.41, 5.74) is 0. The first kappa shape index (κ1) is 10.3. The molecule has 3 rings (SSSR count). The fourth-order valence-corrected chi connectivity index (χ4v) is 1.24. The minimum Gasteiger partial charge on any atom is -0.234 e. The van der Waals surface area contributed by atoms with Crippen LogP contribution in [0.5, 0.6) is 0 Å². The third kappa shape index (κ3) is 1.98. The van der Waals surface area contributed by atoms with E-state index in [-0.39, 0.29) is 11.6 Å². The first-order chi connectivity index (χ1) is 8.93. The maximum Gasteiger partial charge on any atom is 0.240 e. The topological polar surface area (TPSA) is 103 Å². The summed E-state index contributed by atoms with van der Waals surface area (Å²) in [5, 5.41) is 15.6. The average Bonchev–Trinajstić information content (AvgIpc) is 2.49. The van der Waals surface area contributed by atoms with Gasteiger partial charge < -0.3 is 0 Å². The molecule has 0 unspecified atom stereocenters. The summed E-state index contributed by atoms with van der Waals surface area (Å²) < 4.78 is 0. The lowest BCUT2D eigenvalue weighted by molar-refractivity contribution is 0.849. The van der Waals surface area contributed by atoms with Gasteiger partial charge in [0.25, 0.3) is 0 Å². The minimum atomic E-state index is 0.260. The van der Waals surface area contributed by atoms with Crippen LogP contribution in [0.1, 0.15) is 0 Å². The van der Waals surface area contributed by atoms with Crippen LogP contribution in [0.2, 0.25) is 0 Å². The molecular formula is C10H6N8. The standard InChI is InChI=1S/C10H6N8/c1-3-11-7(12-4-1)9-15-17-10(18-16-9)8-13-5-2-6-14-8/h1-6H. The molecule has 0 radical (unpaired) electrons. The zero-order valence-electron chi connectivity index (χ0n) is 9.04. The fraction of sp³-hybridized carbons (Fsp3) is 0. The molecule has 0 N–H and O–H groups in total. The van der Waals surface area contributed by atoms with Crippen molar-refractivity contribution in [2.24, 2.45) is 0 Å². The molecular weight excluding hydrogens is 232 g/mol. The van der Waals surface area contributed by atoms with Crippen molar-refractivity contribution in [1.82, 2.24) is 40.3 Å². The summed E-state index contributed by atoms with van der Waals surface area (Å²) in [5.74, 6) is 1.27. The van der Waals surface area contributed by atoms with Crippen LogP contribution in [-0.4, -0.2) is 40.3 Å². The van der Waals surface area contributed by atoms with Gasteiger partial charge >= 0.3 is 0 Å². The highest BCUT2D eigenvalue weighted by atomic mass is 15.3. The Hall–Kier alpha value is -2.90. The van der Waals surface area contributed by atoms with E-state index < -0.39 is 0 Å². The molecule has 8 nitrogen and oxygen atoms in total. The van der Waals surface area contributed by atoms with Gasteiger partial charge in [0.05, 0.1) is 0 Å². The number of aromatic nitrogens is 8. The largest absolute Gasteiger partial charge is 0.240 e. The highest BCUT2D eigenvalue weighted by Crippen LogP contribution is 2.07. The van der Waals surface area contributed by atoms with E-state index in [0.29, 0.717) is 11.6 Å². The quantitative estimate of drug-likeness (QED) is 0.622. The molecule has 0 saturated heterocycles. The monoisotopic (exact) mass is 238 g/mol. The van der Waals surface area contributed by atoms with E-state index in [1.54, 1.807) is 36.9 Å². The predicted octanol–water partition coefficient (Wildman–Crippen LogP) is 0.181. The first-order valence-corrected chi connectivity index (χ1v) is 5.05. The molecule has 0 fully saturated rings. The maximum atomic E-state index is 4.00. The van der Waals surface area contributed by atoms with Crippen LogP contribution < -0.4 is 0 Å². The number of rotatable bonds is 2. The van der Waals surface area contributed by atoms with Crippen molar-refractivity contribution < 1.29 is 0 Å². The predicted molar refractivity (Wildman–Crippen MR) is 59.7 cm³/mol. The molecule has 18 heavy (non-hydrogen) atoms. The van der Waals surface area contributed by atoms with E-state index in [1.165, 1.54) is 0 Å². The van der Waals surface area contributed by atoms with Crippen molar-refractivity contribution >= 4 is 0 Å². The third-order valence-electron chi connectivity index (χ3n) is 2.01. The van der Waals surface area contributed by atoms with Crippen molar-refractivity contribution in [3.8, 4) is 23.3 Å². The van der Waals surface area contributed by atoms with Gasteiger partial charge in [-0.15, -0.1) is 20.4 Å².